The Balaban J connectivity index is 1.80. The van der Waals surface area contributed by atoms with E-state index in [1.807, 2.05) is 41.1 Å². The SMILES string of the molecule is CC(C)c1cccc(C(C)C)c1-n1c(=Nn2c3ccc(C#N)cc3c3cc(C#N)ccc32)n(-c2c(C(C)C)cccc2C(C)C)c2nccnc21. The van der Waals surface area contributed by atoms with E-state index in [4.69, 9.17) is 15.1 Å². The van der Waals surface area contributed by atoms with Gasteiger partial charge in [-0.05, 0) is 82.3 Å². The maximum Gasteiger partial charge on any atom is 0.240 e. The van der Waals surface area contributed by atoms with E-state index in [9.17, 15) is 10.5 Å². The predicted molar refractivity (Wildman–Crippen MR) is 204 cm³/mol. The number of para-hydroxylation sites is 2. The van der Waals surface area contributed by atoms with E-state index in [2.05, 4.69) is 113 Å². The largest absolute Gasteiger partial charge is 0.259 e. The van der Waals surface area contributed by atoms with Crippen LogP contribution in [0.15, 0.2) is 90.3 Å². The Hall–Kier alpha value is -5.99. The Morgan fingerprint density at radius 1 is 0.549 bits per heavy atom. The highest BCUT2D eigenvalue weighted by Crippen LogP contribution is 2.36. The first kappa shape index (κ1) is 33.5. The lowest BCUT2D eigenvalue weighted by molar-refractivity contribution is 0.736. The van der Waals surface area contributed by atoms with Crippen LogP contribution >= 0.6 is 0 Å². The molecule has 0 N–H and O–H groups in total. The molecule has 0 saturated carbocycles. The summed E-state index contributed by atoms with van der Waals surface area (Å²) in [6, 6.07) is 29.0. The van der Waals surface area contributed by atoms with Crippen LogP contribution in [0.25, 0.3) is 44.5 Å². The highest BCUT2D eigenvalue weighted by Gasteiger charge is 2.27. The predicted octanol–water partition coefficient (Wildman–Crippen LogP) is 9.92. The van der Waals surface area contributed by atoms with E-state index in [1.54, 1.807) is 12.4 Å². The average molecular weight is 671 g/mol. The van der Waals surface area contributed by atoms with Gasteiger partial charge in [0.05, 0.1) is 45.7 Å². The van der Waals surface area contributed by atoms with Gasteiger partial charge in [-0.2, -0.15) is 10.5 Å². The molecule has 3 aromatic heterocycles. The van der Waals surface area contributed by atoms with Crippen molar-refractivity contribution < 1.29 is 0 Å². The average Bonchev–Trinajstić information content (AvgIpc) is 3.61. The van der Waals surface area contributed by atoms with Gasteiger partial charge in [-0.15, -0.1) is 5.10 Å². The highest BCUT2D eigenvalue weighted by atomic mass is 15.4. The van der Waals surface area contributed by atoms with Crippen LogP contribution in [0.3, 0.4) is 0 Å². The van der Waals surface area contributed by atoms with Crippen LogP contribution in [-0.2, 0) is 0 Å². The monoisotopic (exact) mass is 670 g/mol. The fourth-order valence-corrected chi connectivity index (χ4v) is 7.31. The Morgan fingerprint density at radius 2 is 0.922 bits per heavy atom. The Bertz CT molecular complexity index is 2400. The van der Waals surface area contributed by atoms with Crippen LogP contribution in [-0.4, -0.2) is 23.8 Å². The summed E-state index contributed by atoms with van der Waals surface area (Å²) in [5.41, 5.74) is 11.7. The van der Waals surface area contributed by atoms with Gasteiger partial charge >= 0.3 is 0 Å². The zero-order valence-corrected chi connectivity index (χ0v) is 30.5. The minimum absolute atomic E-state index is 0.213. The lowest BCUT2D eigenvalue weighted by atomic mass is 9.92. The summed E-state index contributed by atoms with van der Waals surface area (Å²) < 4.78 is 6.37. The van der Waals surface area contributed by atoms with Gasteiger partial charge < -0.3 is 0 Å². The van der Waals surface area contributed by atoms with Gasteiger partial charge in [-0.1, -0.05) is 91.8 Å². The summed E-state index contributed by atoms with van der Waals surface area (Å²) in [5, 5.41) is 27.1. The third-order valence-electron chi connectivity index (χ3n) is 9.80. The molecule has 8 heteroatoms. The number of hydrogen-bond acceptors (Lipinski definition) is 5. The molecule has 0 aliphatic rings. The van der Waals surface area contributed by atoms with Crippen molar-refractivity contribution in [3.63, 3.8) is 0 Å². The molecule has 3 heterocycles. The smallest absolute Gasteiger partial charge is 0.240 e. The van der Waals surface area contributed by atoms with Crippen molar-refractivity contribution in [3.8, 4) is 23.5 Å². The first-order chi connectivity index (χ1) is 24.5. The molecule has 0 atom stereocenters. The van der Waals surface area contributed by atoms with Crippen molar-refractivity contribution in [2.45, 2.75) is 79.1 Å². The molecule has 8 nitrogen and oxygen atoms in total. The van der Waals surface area contributed by atoms with E-state index >= 15 is 0 Å². The third kappa shape index (κ3) is 5.48. The molecular weight excluding hydrogens is 629 g/mol. The molecule has 4 aromatic carbocycles. The maximum atomic E-state index is 9.85. The van der Waals surface area contributed by atoms with Crippen molar-refractivity contribution in [3.05, 3.63) is 124 Å². The van der Waals surface area contributed by atoms with E-state index in [0.29, 0.717) is 28.0 Å². The molecular formula is C43H42N8. The van der Waals surface area contributed by atoms with Gasteiger partial charge in [0.15, 0.2) is 11.3 Å². The number of nitriles is 2. The van der Waals surface area contributed by atoms with Crippen LogP contribution < -0.4 is 5.62 Å². The number of hydrogen-bond donors (Lipinski definition) is 0. The van der Waals surface area contributed by atoms with Gasteiger partial charge in [0, 0.05) is 23.2 Å². The van der Waals surface area contributed by atoms with Crippen molar-refractivity contribution >= 4 is 33.1 Å². The van der Waals surface area contributed by atoms with Gasteiger partial charge in [0.25, 0.3) is 0 Å². The summed E-state index contributed by atoms with van der Waals surface area (Å²) in [7, 11) is 0. The van der Waals surface area contributed by atoms with E-state index in [0.717, 1.165) is 33.2 Å². The third-order valence-corrected chi connectivity index (χ3v) is 9.80. The summed E-state index contributed by atoms with van der Waals surface area (Å²) >= 11 is 0. The molecule has 0 aliphatic carbocycles. The Labute approximate surface area is 298 Å². The van der Waals surface area contributed by atoms with Crippen LogP contribution in [0.4, 0.5) is 0 Å². The quantitative estimate of drug-likeness (QED) is 0.168. The molecule has 0 saturated heterocycles. The number of benzene rings is 4. The molecule has 254 valence electrons. The number of imidazole rings is 1. The van der Waals surface area contributed by atoms with E-state index in [1.165, 1.54) is 22.3 Å². The summed E-state index contributed by atoms with van der Waals surface area (Å²) in [6.45, 7) is 17.8. The number of fused-ring (bicyclic) bond motifs is 4. The zero-order valence-electron chi connectivity index (χ0n) is 30.5. The lowest BCUT2D eigenvalue weighted by Gasteiger charge is -2.22. The second-order valence-electron chi connectivity index (χ2n) is 14.5. The molecule has 7 aromatic rings. The molecule has 0 radical (unpaired) electrons. The van der Waals surface area contributed by atoms with Gasteiger partial charge in [0.1, 0.15) is 0 Å². The van der Waals surface area contributed by atoms with Crippen molar-refractivity contribution in [1.82, 2.24) is 23.8 Å². The van der Waals surface area contributed by atoms with Crippen LogP contribution in [0.2, 0.25) is 0 Å². The summed E-state index contributed by atoms with van der Waals surface area (Å²) in [4.78, 5) is 10.1. The standard InChI is InChI=1S/C43H42N8/c1-25(2)31-11-9-12-32(26(3)4)39(31)49-41-42(47-20-19-46-41)50(40-33(27(5)6)13-10-14-34(40)28(7)8)43(49)48-51-37-17-15-29(23-44)21-35(37)36-22-30(24-45)16-18-38(36)51/h9-22,25-28H,1-8H3. The molecule has 0 amide bonds. The second-order valence-corrected chi connectivity index (χ2v) is 14.5. The first-order valence-electron chi connectivity index (χ1n) is 17.7. The van der Waals surface area contributed by atoms with E-state index < -0.39 is 0 Å². The lowest BCUT2D eigenvalue weighted by Crippen LogP contribution is -2.29. The van der Waals surface area contributed by atoms with Crippen molar-refractivity contribution in [1.29, 1.82) is 10.5 Å². The minimum Gasteiger partial charge on any atom is -0.259 e. The van der Waals surface area contributed by atoms with Gasteiger partial charge in [-0.25, -0.2) is 14.6 Å². The van der Waals surface area contributed by atoms with E-state index in [-0.39, 0.29) is 23.7 Å². The highest BCUT2D eigenvalue weighted by molar-refractivity contribution is 6.08. The summed E-state index contributed by atoms with van der Waals surface area (Å²) in [5.74, 6) is 0.853. The van der Waals surface area contributed by atoms with Crippen LogP contribution in [0.5, 0.6) is 0 Å². The second kappa shape index (κ2) is 13.0. The molecule has 0 unspecified atom stereocenters. The minimum atomic E-state index is 0.213. The van der Waals surface area contributed by atoms with Gasteiger partial charge in [0.2, 0.25) is 5.62 Å². The number of rotatable bonds is 7. The van der Waals surface area contributed by atoms with Crippen LogP contribution in [0.1, 0.15) is 112 Å². The Morgan fingerprint density at radius 3 is 1.25 bits per heavy atom. The van der Waals surface area contributed by atoms with Crippen LogP contribution in [0, 0.1) is 22.7 Å². The first-order valence-corrected chi connectivity index (χ1v) is 17.7. The van der Waals surface area contributed by atoms with Crippen molar-refractivity contribution in [2.24, 2.45) is 5.10 Å². The maximum absolute atomic E-state index is 9.85. The number of aromatic nitrogens is 5. The molecule has 7 rings (SSSR count). The topological polar surface area (TPSA) is 101 Å². The summed E-state index contributed by atoms with van der Waals surface area (Å²) in [6.07, 6.45) is 3.51. The van der Waals surface area contributed by atoms with Crippen molar-refractivity contribution in [2.75, 3.05) is 0 Å². The van der Waals surface area contributed by atoms with Gasteiger partial charge in [-0.3, -0.25) is 9.13 Å². The fraction of sp³-hybridized carbons (Fsp3) is 0.279. The Kier molecular flexibility index (Phi) is 8.57. The number of nitrogens with zero attached hydrogens (tertiary/aromatic N) is 8. The molecule has 51 heavy (non-hydrogen) atoms. The molecule has 0 fully saturated rings. The normalized spacial score (nSPS) is 11.8. The fourth-order valence-electron chi connectivity index (χ4n) is 7.31. The zero-order chi connectivity index (χ0) is 36.1. The molecule has 0 bridgehead atoms. The molecule has 0 aliphatic heterocycles. The molecule has 0 spiro atoms.